The number of amides is 3. The molecule has 1 aromatic carbocycles. The van der Waals surface area contributed by atoms with Gasteiger partial charge in [-0.05, 0) is 18.2 Å². The number of carboxylic acid groups (broad SMARTS) is 1. The predicted octanol–water partition coefficient (Wildman–Crippen LogP) is 0.147. The summed E-state index contributed by atoms with van der Waals surface area (Å²) in [6.07, 6.45) is 0. The maximum absolute atomic E-state index is 13.0. The van der Waals surface area contributed by atoms with Crippen molar-refractivity contribution >= 4 is 23.6 Å². The largest absolute Gasteiger partial charge is 0.478 e. The molecule has 0 aliphatic carbocycles. The molecule has 1 aromatic rings. The summed E-state index contributed by atoms with van der Waals surface area (Å²) in [5.41, 5.74) is 4.44. The van der Waals surface area contributed by atoms with E-state index in [0.717, 1.165) is 18.2 Å². The van der Waals surface area contributed by atoms with Gasteiger partial charge in [-0.2, -0.15) is 0 Å². The first kappa shape index (κ1) is 16.4. The van der Waals surface area contributed by atoms with Crippen LogP contribution in [0.2, 0.25) is 0 Å². The number of rotatable bonds is 7. The normalized spacial score (nSPS) is 9.95. The SMILES string of the molecule is NC(=O)COCCNC(=O)Nc1ccc(F)cc1C(=O)O. The maximum Gasteiger partial charge on any atom is 0.337 e. The zero-order valence-electron chi connectivity index (χ0n) is 10.9. The van der Waals surface area contributed by atoms with Gasteiger partial charge in [-0.3, -0.25) is 4.79 Å². The Labute approximate surface area is 119 Å². The van der Waals surface area contributed by atoms with Gasteiger partial charge in [0.25, 0.3) is 0 Å². The van der Waals surface area contributed by atoms with E-state index in [4.69, 9.17) is 15.6 Å². The molecule has 1 rings (SSSR count). The topological polar surface area (TPSA) is 131 Å². The molecule has 21 heavy (non-hydrogen) atoms. The number of urea groups is 1. The van der Waals surface area contributed by atoms with Crippen molar-refractivity contribution in [2.24, 2.45) is 5.73 Å². The maximum atomic E-state index is 13.0. The molecule has 8 nitrogen and oxygen atoms in total. The lowest BCUT2D eigenvalue weighted by molar-refractivity contribution is -0.122. The van der Waals surface area contributed by atoms with Gasteiger partial charge < -0.3 is 26.2 Å². The molecule has 0 unspecified atom stereocenters. The highest BCUT2D eigenvalue weighted by molar-refractivity contribution is 5.99. The molecule has 0 aliphatic heterocycles. The summed E-state index contributed by atoms with van der Waals surface area (Å²) in [5.74, 6) is -2.72. The minimum atomic E-state index is -1.37. The van der Waals surface area contributed by atoms with Crippen LogP contribution in [0, 0.1) is 5.82 Å². The zero-order chi connectivity index (χ0) is 15.8. The molecular formula is C12H14FN3O5. The Bertz CT molecular complexity index is 550. The molecule has 0 aromatic heterocycles. The second kappa shape index (κ2) is 7.80. The Kier molecular flexibility index (Phi) is 6.08. The molecule has 5 N–H and O–H groups in total. The second-order valence-corrected chi connectivity index (χ2v) is 3.89. The first-order valence-electron chi connectivity index (χ1n) is 5.84. The van der Waals surface area contributed by atoms with Gasteiger partial charge in [0.2, 0.25) is 5.91 Å². The number of anilines is 1. The van der Waals surface area contributed by atoms with Crippen LogP contribution in [-0.4, -0.2) is 42.8 Å². The van der Waals surface area contributed by atoms with Crippen molar-refractivity contribution < 1.29 is 28.6 Å². The first-order valence-corrected chi connectivity index (χ1v) is 5.84. The van der Waals surface area contributed by atoms with Gasteiger partial charge in [-0.1, -0.05) is 0 Å². The number of nitrogens with two attached hydrogens (primary N) is 1. The summed E-state index contributed by atoms with van der Waals surface area (Å²) in [6, 6.07) is 2.28. The fraction of sp³-hybridized carbons (Fsp3) is 0.250. The lowest BCUT2D eigenvalue weighted by Crippen LogP contribution is -2.32. The Morgan fingerprint density at radius 2 is 2.05 bits per heavy atom. The molecule has 9 heteroatoms. The van der Waals surface area contributed by atoms with Gasteiger partial charge in [-0.25, -0.2) is 14.0 Å². The average molecular weight is 299 g/mol. The van der Waals surface area contributed by atoms with E-state index in [1.54, 1.807) is 0 Å². The molecule has 0 radical (unpaired) electrons. The van der Waals surface area contributed by atoms with Crippen LogP contribution < -0.4 is 16.4 Å². The van der Waals surface area contributed by atoms with Crippen molar-refractivity contribution in [3.63, 3.8) is 0 Å². The highest BCUT2D eigenvalue weighted by atomic mass is 19.1. The van der Waals surface area contributed by atoms with Crippen LogP contribution >= 0.6 is 0 Å². The monoisotopic (exact) mass is 299 g/mol. The standard InChI is InChI=1S/C12H14FN3O5/c13-7-1-2-9(8(5-7)11(18)19)16-12(20)15-3-4-21-6-10(14)17/h1-2,5H,3-4,6H2,(H2,14,17)(H,18,19)(H2,15,16,20). The van der Waals surface area contributed by atoms with E-state index >= 15 is 0 Å². The van der Waals surface area contributed by atoms with Crippen molar-refractivity contribution in [1.29, 1.82) is 0 Å². The minimum Gasteiger partial charge on any atom is -0.478 e. The molecule has 0 fully saturated rings. The predicted molar refractivity (Wildman–Crippen MR) is 70.4 cm³/mol. The summed E-state index contributed by atoms with van der Waals surface area (Å²) in [6.45, 7) is -0.112. The number of benzene rings is 1. The van der Waals surface area contributed by atoms with Crippen molar-refractivity contribution in [3.8, 4) is 0 Å². The van der Waals surface area contributed by atoms with Crippen LogP contribution in [0.15, 0.2) is 18.2 Å². The summed E-state index contributed by atoms with van der Waals surface area (Å²) in [5, 5.41) is 13.5. The number of carboxylic acids is 1. The highest BCUT2D eigenvalue weighted by Crippen LogP contribution is 2.16. The fourth-order valence-electron chi connectivity index (χ4n) is 1.38. The van der Waals surface area contributed by atoms with E-state index in [0.29, 0.717) is 0 Å². The van der Waals surface area contributed by atoms with Crippen molar-refractivity contribution in [3.05, 3.63) is 29.6 Å². The Morgan fingerprint density at radius 3 is 2.67 bits per heavy atom. The smallest absolute Gasteiger partial charge is 0.337 e. The van der Waals surface area contributed by atoms with Gasteiger partial charge >= 0.3 is 12.0 Å². The number of hydrogen-bond acceptors (Lipinski definition) is 4. The summed E-state index contributed by atoms with van der Waals surface area (Å²) >= 11 is 0. The van der Waals surface area contributed by atoms with Gasteiger partial charge in [0.1, 0.15) is 12.4 Å². The molecule has 0 aliphatic rings. The second-order valence-electron chi connectivity index (χ2n) is 3.89. The number of nitrogens with one attached hydrogen (secondary N) is 2. The molecule has 3 amide bonds. The molecular weight excluding hydrogens is 285 g/mol. The van der Waals surface area contributed by atoms with Gasteiger partial charge in [-0.15, -0.1) is 0 Å². The van der Waals surface area contributed by atoms with Crippen molar-refractivity contribution in [2.75, 3.05) is 25.1 Å². The molecule has 0 atom stereocenters. The zero-order valence-corrected chi connectivity index (χ0v) is 10.9. The minimum absolute atomic E-state index is 0.0422. The summed E-state index contributed by atoms with van der Waals surface area (Å²) < 4.78 is 17.8. The van der Waals surface area contributed by atoms with Crippen LogP contribution in [0.1, 0.15) is 10.4 Å². The van der Waals surface area contributed by atoms with E-state index in [1.807, 2.05) is 0 Å². The summed E-state index contributed by atoms with van der Waals surface area (Å²) in [7, 11) is 0. The molecule has 0 saturated heterocycles. The van der Waals surface area contributed by atoms with E-state index in [9.17, 15) is 18.8 Å². The van der Waals surface area contributed by atoms with E-state index < -0.39 is 23.7 Å². The summed E-state index contributed by atoms with van der Waals surface area (Å²) in [4.78, 5) is 32.8. The highest BCUT2D eigenvalue weighted by Gasteiger charge is 2.13. The molecule has 0 saturated carbocycles. The third-order valence-corrected chi connectivity index (χ3v) is 2.24. The van der Waals surface area contributed by atoms with Crippen LogP contribution in [0.5, 0.6) is 0 Å². The van der Waals surface area contributed by atoms with E-state index in [-0.39, 0.29) is 31.0 Å². The third kappa shape index (κ3) is 5.87. The van der Waals surface area contributed by atoms with Crippen LogP contribution in [0.25, 0.3) is 0 Å². The van der Waals surface area contributed by atoms with Gasteiger partial charge in [0.05, 0.1) is 17.9 Å². The van der Waals surface area contributed by atoms with Crippen molar-refractivity contribution in [2.45, 2.75) is 0 Å². The first-order chi connectivity index (χ1) is 9.90. The number of carbonyl (C=O) groups is 3. The Hall–Kier alpha value is -2.68. The van der Waals surface area contributed by atoms with Crippen molar-refractivity contribution in [1.82, 2.24) is 5.32 Å². The molecule has 114 valence electrons. The van der Waals surface area contributed by atoms with E-state index in [1.165, 1.54) is 0 Å². The lowest BCUT2D eigenvalue weighted by Gasteiger charge is -2.10. The van der Waals surface area contributed by atoms with Crippen LogP contribution in [0.4, 0.5) is 14.9 Å². The number of ether oxygens (including phenoxy) is 1. The number of carbonyl (C=O) groups excluding carboxylic acids is 2. The van der Waals surface area contributed by atoms with E-state index in [2.05, 4.69) is 10.6 Å². The van der Waals surface area contributed by atoms with Crippen LogP contribution in [0.3, 0.4) is 0 Å². The quantitative estimate of drug-likeness (QED) is 0.532. The molecule has 0 bridgehead atoms. The van der Waals surface area contributed by atoms with Gasteiger partial charge in [0, 0.05) is 6.54 Å². The fourth-order valence-corrected chi connectivity index (χ4v) is 1.38. The average Bonchev–Trinajstić information content (AvgIpc) is 2.39. The lowest BCUT2D eigenvalue weighted by atomic mass is 10.2. The Balaban J connectivity index is 2.48. The van der Waals surface area contributed by atoms with Gasteiger partial charge in [0.15, 0.2) is 0 Å². The van der Waals surface area contributed by atoms with Crippen LogP contribution in [-0.2, 0) is 9.53 Å². The third-order valence-electron chi connectivity index (χ3n) is 2.24. The number of primary amides is 1. The molecule has 0 heterocycles. The number of hydrogen-bond donors (Lipinski definition) is 4. The molecule has 0 spiro atoms. The number of aromatic carboxylic acids is 1. The Morgan fingerprint density at radius 1 is 1.33 bits per heavy atom. The number of halogens is 1.